The standard InChI is InChI=1S/C11H9F3N4O/c12-11(13,14)8-1-2-9(15-6-8)10(19)16-3-7-4-17-18-5-7/h1-2,4-6H,3H2,(H,16,19)(H,17,18). The minimum Gasteiger partial charge on any atom is -0.347 e. The van der Waals surface area contributed by atoms with E-state index in [0.29, 0.717) is 6.20 Å². The maximum atomic E-state index is 12.3. The molecule has 1 amide bonds. The molecule has 8 heteroatoms. The van der Waals surface area contributed by atoms with Crippen LogP contribution in [0, 0.1) is 0 Å². The number of halogens is 3. The first-order valence-corrected chi connectivity index (χ1v) is 5.26. The van der Waals surface area contributed by atoms with E-state index in [9.17, 15) is 18.0 Å². The van der Waals surface area contributed by atoms with E-state index in [1.165, 1.54) is 6.20 Å². The smallest absolute Gasteiger partial charge is 0.347 e. The van der Waals surface area contributed by atoms with Crippen LogP contribution in [0.1, 0.15) is 21.6 Å². The van der Waals surface area contributed by atoms with Crippen LogP contribution < -0.4 is 5.32 Å². The van der Waals surface area contributed by atoms with Gasteiger partial charge in [0.25, 0.3) is 5.91 Å². The van der Waals surface area contributed by atoms with E-state index in [1.54, 1.807) is 6.20 Å². The summed E-state index contributed by atoms with van der Waals surface area (Å²) in [5, 5.41) is 8.79. The second-order valence-electron chi connectivity index (χ2n) is 3.72. The highest BCUT2D eigenvalue weighted by atomic mass is 19.4. The van der Waals surface area contributed by atoms with Crippen LogP contribution in [-0.2, 0) is 12.7 Å². The molecule has 0 aliphatic carbocycles. The second kappa shape index (κ2) is 5.09. The minimum atomic E-state index is -4.46. The number of carbonyl (C=O) groups is 1. The molecule has 0 aliphatic heterocycles. The van der Waals surface area contributed by atoms with Crippen molar-refractivity contribution in [3.05, 3.63) is 47.5 Å². The second-order valence-corrected chi connectivity index (χ2v) is 3.72. The lowest BCUT2D eigenvalue weighted by Crippen LogP contribution is -2.23. The number of carbonyl (C=O) groups excluding carboxylic acids is 1. The van der Waals surface area contributed by atoms with Crippen LogP contribution in [0.2, 0.25) is 0 Å². The molecular weight excluding hydrogens is 261 g/mol. The van der Waals surface area contributed by atoms with Crippen LogP contribution in [0.25, 0.3) is 0 Å². The normalized spacial score (nSPS) is 11.3. The molecule has 2 rings (SSSR count). The topological polar surface area (TPSA) is 70.7 Å². The van der Waals surface area contributed by atoms with Crippen molar-refractivity contribution in [2.75, 3.05) is 0 Å². The molecule has 0 aliphatic rings. The van der Waals surface area contributed by atoms with Crippen LogP contribution in [0.5, 0.6) is 0 Å². The molecule has 2 N–H and O–H groups in total. The lowest BCUT2D eigenvalue weighted by Gasteiger charge is -2.07. The zero-order chi connectivity index (χ0) is 13.9. The summed E-state index contributed by atoms with van der Waals surface area (Å²) in [6.07, 6.45) is -0.702. The predicted octanol–water partition coefficient (Wildman–Crippen LogP) is 1.75. The summed E-state index contributed by atoms with van der Waals surface area (Å²) in [6.45, 7) is 0.220. The van der Waals surface area contributed by atoms with Gasteiger partial charge in [0.15, 0.2) is 0 Å². The van der Waals surface area contributed by atoms with Crippen molar-refractivity contribution in [3.63, 3.8) is 0 Å². The molecule has 100 valence electrons. The first-order valence-electron chi connectivity index (χ1n) is 5.26. The number of aromatic amines is 1. The number of alkyl halides is 3. The van der Waals surface area contributed by atoms with Gasteiger partial charge in [0.1, 0.15) is 5.69 Å². The van der Waals surface area contributed by atoms with Gasteiger partial charge in [-0.15, -0.1) is 0 Å². The van der Waals surface area contributed by atoms with Crippen molar-refractivity contribution < 1.29 is 18.0 Å². The van der Waals surface area contributed by atoms with Gasteiger partial charge in [-0.3, -0.25) is 14.9 Å². The molecule has 0 unspecified atom stereocenters. The zero-order valence-corrected chi connectivity index (χ0v) is 9.53. The number of hydrogen-bond donors (Lipinski definition) is 2. The molecule has 5 nitrogen and oxygen atoms in total. The van der Waals surface area contributed by atoms with Crippen LogP contribution in [0.3, 0.4) is 0 Å². The summed E-state index contributed by atoms with van der Waals surface area (Å²) in [5.74, 6) is -0.546. The summed E-state index contributed by atoms with van der Waals surface area (Å²) in [7, 11) is 0. The molecule has 19 heavy (non-hydrogen) atoms. The Bertz CT molecular complexity index is 548. The van der Waals surface area contributed by atoms with Gasteiger partial charge in [0, 0.05) is 24.5 Å². The number of aromatic nitrogens is 3. The molecule has 0 saturated carbocycles. The van der Waals surface area contributed by atoms with Crippen LogP contribution in [0.15, 0.2) is 30.7 Å². The van der Waals surface area contributed by atoms with E-state index >= 15 is 0 Å². The summed E-state index contributed by atoms with van der Waals surface area (Å²) in [5.41, 5.74) is -0.212. The number of amides is 1. The van der Waals surface area contributed by atoms with E-state index in [2.05, 4.69) is 20.5 Å². The van der Waals surface area contributed by atoms with Crippen LogP contribution in [0.4, 0.5) is 13.2 Å². The number of nitrogens with one attached hydrogen (secondary N) is 2. The number of H-pyrrole nitrogens is 1. The molecule has 0 fully saturated rings. The average Bonchev–Trinajstić information content (AvgIpc) is 2.88. The van der Waals surface area contributed by atoms with Crippen molar-refractivity contribution in [2.24, 2.45) is 0 Å². The van der Waals surface area contributed by atoms with Gasteiger partial charge >= 0.3 is 6.18 Å². The highest BCUT2D eigenvalue weighted by molar-refractivity contribution is 5.92. The fourth-order valence-corrected chi connectivity index (χ4v) is 1.34. The quantitative estimate of drug-likeness (QED) is 0.892. The van der Waals surface area contributed by atoms with Gasteiger partial charge in [-0.05, 0) is 12.1 Å². The molecule has 0 aromatic carbocycles. The maximum Gasteiger partial charge on any atom is 0.417 e. The van der Waals surface area contributed by atoms with E-state index in [0.717, 1.165) is 17.7 Å². The Morgan fingerprint density at radius 3 is 2.63 bits per heavy atom. The van der Waals surface area contributed by atoms with Gasteiger partial charge in [-0.1, -0.05) is 0 Å². The molecule has 0 bridgehead atoms. The summed E-state index contributed by atoms with van der Waals surface area (Å²) >= 11 is 0. The summed E-state index contributed by atoms with van der Waals surface area (Å²) in [4.78, 5) is 15.1. The molecular formula is C11H9F3N4O. The number of hydrogen-bond acceptors (Lipinski definition) is 3. The molecule has 0 radical (unpaired) electrons. The van der Waals surface area contributed by atoms with Gasteiger partial charge in [0.05, 0.1) is 11.8 Å². The molecule has 0 saturated heterocycles. The Kier molecular flexibility index (Phi) is 3.50. The minimum absolute atomic E-state index is 0.0727. The van der Waals surface area contributed by atoms with Crippen LogP contribution in [-0.4, -0.2) is 21.1 Å². The van der Waals surface area contributed by atoms with Crippen molar-refractivity contribution in [1.29, 1.82) is 0 Å². The van der Waals surface area contributed by atoms with Crippen molar-refractivity contribution in [3.8, 4) is 0 Å². The van der Waals surface area contributed by atoms with E-state index in [4.69, 9.17) is 0 Å². The van der Waals surface area contributed by atoms with E-state index in [1.807, 2.05) is 0 Å². The Balaban J connectivity index is 2.00. The van der Waals surface area contributed by atoms with Gasteiger partial charge in [0.2, 0.25) is 0 Å². The monoisotopic (exact) mass is 270 g/mol. The predicted molar refractivity (Wildman–Crippen MR) is 59.0 cm³/mol. The van der Waals surface area contributed by atoms with E-state index in [-0.39, 0.29) is 12.2 Å². The van der Waals surface area contributed by atoms with Crippen molar-refractivity contribution in [1.82, 2.24) is 20.5 Å². The molecule has 2 heterocycles. The first-order chi connectivity index (χ1) is 8.97. The number of pyridine rings is 1. The Hall–Kier alpha value is -2.38. The third-order valence-corrected chi connectivity index (χ3v) is 2.33. The number of nitrogens with zero attached hydrogens (tertiary/aromatic N) is 2. The summed E-state index contributed by atoms with van der Waals surface area (Å²) < 4.78 is 36.9. The molecule has 2 aromatic rings. The highest BCUT2D eigenvalue weighted by Crippen LogP contribution is 2.28. The largest absolute Gasteiger partial charge is 0.417 e. The highest BCUT2D eigenvalue weighted by Gasteiger charge is 2.30. The lowest BCUT2D eigenvalue weighted by atomic mass is 10.2. The van der Waals surface area contributed by atoms with Crippen molar-refractivity contribution >= 4 is 5.91 Å². The van der Waals surface area contributed by atoms with Crippen molar-refractivity contribution in [2.45, 2.75) is 12.7 Å². The third-order valence-electron chi connectivity index (χ3n) is 2.33. The molecule has 2 aromatic heterocycles. The van der Waals surface area contributed by atoms with Gasteiger partial charge < -0.3 is 5.32 Å². The third kappa shape index (κ3) is 3.30. The maximum absolute atomic E-state index is 12.3. The lowest BCUT2D eigenvalue weighted by molar-refractivity contribution is -0.137. The molecule has 0 atom stereocenters. The Morgan fingerprint density at radius 2 is 2.11 bits per heavy atom. The van der Waals surface area contributed by atoms with Gasteiger partial charge in [-0.2, -0.15) is 18.3 Å². The molecule has 0 spiro atoms. The van der Waals surface area contributed by atoms with E-state index < -0.39 is 17.6 Å². The first kappa shape index (κ1) is 13.1. The van der Waals surface area contributed by atoms with Gasteiger partial charge in [-0.25, -0.2) is 0 Å². The fraction of sp³-hybridized carbons (Fsp3) is 0.182. The fourth-order valence-electron chi connectivity index (χ4n) is 1.34. The van der Waals surface area contributed by atoms with Crippen LogP contribution >= 0.6 is 0 Å². The average molecular weight is 270 g/mol. The Labute approximate surface area is 105 Å². The number of rotatable bonds is 3. The summed E-state index contributed by atoms with van der Waals surface area (Å²) in [6, 6.07) is 1.85. The Morgan fingerprint density at radius 1 is 1.32 bits per heavy atom. The SMILES string of the molecule is O=C(NCc1cn[nH]c1)c1ccc(C(F)(F)F)cn1. The zero-order valence-electron chi connectivity index (χ0n) is 9.53.